The fourth-order valence-electron chi connectivity index (χ4n) is 7.69. The van der Waals surface area contributed by atoms with E-state index >= 15 is 0 Å². The first-order valence-electron chi connectivity index (χ1n) is 11.3. The van der Waals surface area contributed by atoms with Gasteiger partial charge in [0, 0.05) is 25.2 Å². The van der Waals surface area contributed by atoms with Gasteiger partial charge in [0.05, 0.1) is 6.10 Å². The van der Waals surface area contributed by atoms with Crippen LogP contribution in [0.5, 0.6) is 0 Å². The number of hydrogen-bond acceptors (Lipinski definition) is 5. The molecule has 0 aromatic rings. The van der Waals surface area contributed by atoms with Gasteiger partial charge in [0.25, 0.3) is 0 Å². The molecule has 0 heterocycles. The normalized spacial score (nSPS) is 48.6. The Bertz CT molecular complexity index is 729. The summed E-state index contributed by atoms with van der Waals surface area (Å²) < 4.78 is 11.6. The number of aliphatic hydroxyl groups excluding tert-OH is 1. The SMILES string of the molecule is CC(=O)O[C@H]1C=C2C[C@@H](O)C[C@H](C)[C@]2(C)[C@H]2CC[C@]3(C)[C@@H](OC(C)=O)CC[C@H]3[C@H]12. The molecule has 0 amide bonds. The Kier molecular flexibility index (Phi) is 5.12. The lowest BCUT2D eigenvalue weighted by molar-refractivity contribution is -0.168. The second-order valence-electron chi connectivity index (χ2n) is 10.6. The number of esters is 2. The lowest BCUT2D eigenvalue weighted by Crippen LogP contribution is -2.58. The molecule has 162 valence electrons. The van der Waals surface area contributed by atoms with Crippen molar-refractivity contribution in [1.82, 2.24) is 0 Å². The molecule has 0 saturated heterocycles. The van der Waals surface area contributed by atoms with E-state index in [0.29, 0.717) is 24.2 Å². The number of fused-ring (bicyclic) bond motifs is 5. The quantitative estimate of drug-likeness (QED) is 0.556. The van der Waals surface area contributed by atoms with Crippen LogP contribution in [0.1, 0.15) is 73.1 Å². The van der Waals surface area contributed by atoms with Crippen molar-refractivity contribution in [1.29, 1.82) is 0 Å². The molecule has 5 nitrogen and oxygen atoms in total. The van der Waals surface area contributed by atoms with Crippen molar-refractivity contribution >= 4 is 11.9 Å². The molecular formula is C24H36O5. The van der Waals surface area contributed by atoms with Crippen LogP contribution in [0.3, 0.4) is 0 Å². The number of hydrogen-bond donors (Lipinski definition) is 1. The Morgan fingerprint density at radius 2 is 1.76 bits per heavy atom. The van der Waals surface area contributed by atoms with Crippen LogP contribution in [-0.2, 0) is 19.1 Å². The van der Waals surface area contributed by atoms with E-state index in [9.17, 15) is 14.7 Å². The molecule has 0 aromatic heterocycles. The monoisotopic (exact) mass is 404 g/mol. The molecule has 29 heavy (non-hydrogen) atoms. The molecule has 0 aliphatic heterocycles. The maximum Gasteiger partial charge on any atom is 0.303 e. The summed E-state index contributed by atoms with van der Waals surface area (Å²) in [5, 5.41) is 10.4. The highest BCUT2D eigenvalue weighted by Gasteiger charge is 2.63. The molecule has 4 aliphatic rings. The summed E-state index contributed by atoms with van der Waals surface area (Å²) >= 11 is 0. The van der Waals surface area contributed by atoms with Crippen molar-refractivity contribution in [2.45, 2.75) is 91.5 Å². The molecule has 9 atom stereocenters. The summed E-state index contributed by atoms with van der Waals surface area (Å²) in [6.45, 7) is 9.89. The molecule has 3 saturated carbocycles. The van der Waals surface area contributed by atoms with Gasteiger partial charge in [0.1, 0.15) is 12.2 Å². The van der Waals surface area contributed by atoms with Gasteiger partial charge in [-0.1, -0.05) is 26.3 Å². The lowest BCUT2D eigenvalue weighted by atomic mass is 9.45. The Morgan fingerprint density at radius 1 is 1.07 bits per heavy atom. The van der Waals surface area contributed by atoms with Crippen molar-refractivity contribution in [2.24, 2.45) is 34.5 Å². The van der Waals surface area contributed by atoms with Gasteiger partial charge in [0.2, 0.25) is 0 Å². The summed E-state index contributed by atoms with van der Waals surface area (Å²) in [6.07, 6.45) is 7.03. The van der Waals surface area contributed by atoms with Crippen LogP contribution in [0.15, 0.2) is 11.6 Å². The van der Waals surface area contributed by atoms with E-state index < -0.39 is 0 Å². The molecule has 5 heteroatoms. The van der Waals surface area contributed by atoms with Crippen LogP contribution in [0.2, 0.25) is 0 Å². The Labute approximate surface area is 174 Å². The number of aliphatic hydroxyl groups is 1. The average Bonchev–Trinajstić information content (AvgIpc) is 2.93. The highest BCUT2D eigenvalue weighted by Crippen LogP contribution is 2.66. The largest absolute Gasteiger partial charge is 0.462 e. The molecule has 3 fully saturated rings. The maximum absolute atomic E-state index is 12.0. The van der Waals surface area contributed by atoms with Gasteiger partial charge in [-0.3, -0.25) is 9.59 Å². The van der Waals surface area contributed by atoms with Gasteiger partial charge in [-0.2, -0.15) is 0 Å². The highest BCUT2D eigenvalue weighted by atomic mass is 16.5. The fourth-order valence-corrected chi connectivity index (χ4v) is 7.69. The highest BCUT2D eigenvalue weighted by molar-refractivity contribution is 5.67. The minimum Gasteiger partial charge on any atom is -0.462 e. The number of carbonyl (C=O) groups is 2. The second kappa shape index (κ2) is 7.11. The molecule has 1 N–H and O–H groups in total. The van der Waals surface area contributed by atoms with Gasteiger partial charge in [-0.15, -0.1) is 0 Å². The molecular weight excluding hydrogens is 368 g/mol. The van der Waals surface area contributed by atoms with Crippen LogP contribution in [0.4, 0.5) is 0 Å². The standard InChI is InChI=1S/C24H36O5/c1-13-10-17(27)11-16-12-20(28-14(2)25)22-18-6-7-21(29-15(3)26)23(18,4)9-8-19(22)24(13,16)5/h12-13,17-22,27H,6-11H2,1-5H3/t13-,17-,18-,19-,20-,21-,22-,23-,24-/m0/s1. The molecule has 0 aromatic carbocycles. The molecule has 4 aliphatic carbocycles. The predicted molar refractivity (Wildman–Crippen MR) is 109 cm³/mol. The van der Waals surface area contributed by atoms with E-state index in [1.54, 1.807) is 0 Å². The topological polar surface area (TPSA) is 72.8 Å². The minimum absolute atomic E-state index is 0.0292. The smallest absolute Gasteiger partial charge is 0.303 e. The number of ether oxygens (including phenoxy) is 2. The van der Waals surface area contributed by atoms with Crippen molar-refractivity contribution in [3.63, 3.8) is 0 Å². The Morgan fingerprint density at radius 3 is 2.41 bits per heavy atom. The molecule has 0 unspecified atom stereocenters. The Hall–Kier alpha value is -1.36. The van der Waals surface area contributed by atoms with Crippen LogP contribution >= 0.6 is 0 Å². The molecule has 0 spiro atoms. The first kappa shape index (κ1) is 20.9. The van der Waals surface area contributed by atoms with Crippen LogP contribution < -0.4 is 0 Å². The fraction of sp³-hybridized carbons (Fsp3) is 0.833. The summed E-state index contributed by atoms with van der Waals surface area (Å²) in [5.41, 5.74) is 1.24. The summed E-state index contributed by atoms with van der Waals surface area (Å²) in [6, 6.07) is 0. The van der Waals surface area contributed by atoms with Crippen molar-refractivity contribution < 1.29 is 24.2 Å². The first-order valence-corrected chi connectivity index (χ1v) is 11.3. The van der Waals surface area contributed by atoms with E-state index in [0.717, 1.165) is 32.1 Å². The zero-order chi connectivity index (χ0) is 21.1. The molecule has 0 radical (unpaired) electrons. The molecule has 0 bridgehead atoms. The third kappa shape index (κ3) is 3.15. The third-order valence-electron chi connectivity index (χ3n) is 9.17. The minimum atomic E-state index is -0.312. The van der Waals surface area contributed by atoms with Crippen LogP contribution in [0, 0.1) is 34.5 Å². The average molecular weight is 405 g/mol. The van der Waals surface area contributed by atoms with E-state index in [2.05, 4.69) is 26.8 Å². The second-order valence-corrected chi connectivity index (χ2v) is 10.6. The summed E-state index contributed by atoms with van der Waals surface area (Å²) in [5.74, 6) is 0.957. The van der Waals surface area contributed by atoms with Gasteiger partial charge in [0.15, 0.2) is 0 Å². The summed E-state index contributed by atoms with van der Waals surface area (Å²) in [4.78, 5) is 23.7. The van der Waals surface area contributed by atoms with E-state index in [4.69, 9.17) is 9.47 Å². The third-order valence-corrected chi connectivity index (χ3v) is 9.17. The Balaban J connectivity index is 1.75. The predicted octanol–water partition coefficient (Wildman–Crippen LogP) is 4.03. The number of carbonyl (C=O) groups excluding carboxylic acids is 2. The van der Waals surface area contributed by atoms with Crippen molar-refractivity contribution in [2.75, 3.05) is 0 Å². The summed E-state index contributed by atoms with van der Waals surface area (Å²) in [7, 11) is 0. The first-order chi connectivity index (χ1) is 13.6. The van der Waals surface area contributed by atoms with Gasteiger partial charge in [-0.05, 0) is 67.8 Å². The van der Waals surface area contributed by atoms with Gasteiger partial charge < -0.3 is 14.6 Å². The zero-order valence-corrected chi connectivity index (χ0v) is 18.4. The van der Waals surface area contributed by atoms with Gasteiger partial charge >= 0.3 is 11.9 Å². The number of rotatable bonds is 2. The zero-order valence-electron chi connectivity index (χ0n) is 18.4. The van der Waals surface area contributed by atoms with E-state index in [-0.39, 0.29) is 47.0 Å². The maximum atomic E-state index is 12.0. The molecule has 4 rings (SSSR count). The van der Waals surface area contributed by atoms with Gasteiger partial charge in [-0.25, -0.2) is 0 Å². The van der Waals surface area contributed by atoms with E-state index in [1.165, 1.54) is 19.4 Å². The van der Waals surface area contributed by atoms with Crippen LogP contribution in [-0.4, -0.2) is 35.4 Å². The van der Waals surface area contributed by atoms with Crippen LogP contribution in [0.25, 0.3) is 0 Å². The van der Waals surface area contributed by atoms with Crippen molar-refractivity contribution in [3.8, 4) is 0 Å². The van der Waals surface area contributed by atoms with E-state index in [1.807, 2.05) is 0 Å². The lowest BCUT2D eigenvalue weighted by Gasteiger charge is -2.60. The van der Waals surface area contributed by atoms with Crippen molar-refractivity contribution in [3.05, 3.63) is 11.6 Å².